The SMILES string of the molecule is Cn1c(=O)/c(=C/c2ccc(C(C)(C)C)cc2)s/c1=C\C(=O)C(C)(C)C. The predicted molar refractivity (Wildman–Crippen MR) is 106 cm³/mol. The quantitative estimate of drug-likeness (QED) is 0.829. The molecular weight excluding hydrogens is 330 g/mol. The Morgan fingerprint density at radius 2 is 1.60 bits per heavy atom. The summed E-state index contributed by atoms with van der Waals surface area (Å²) in [6.45, 7) is 12.2. The molecule has 0 saturated carbocycles. The fourth-order valence-electron chi connectivity index (χ4n) is 2.27. The molecule has 0 N–H and O–H groups in total. The highest BCUT2D eigenvalue weighted by Crippen LogP contribution is 2.22. The Hall–Kier alpha value is -1.94. The van der Waals surface area contributed by atoms with Crippen LogP contribution in [0.3, 0.4) is 0 Å². The third-order valence-electron chi connectivity index (χ3n) is 4.13. The van der Waals surface area contributed by atoms with Gasteiger partial charge in [0.15, 0.2) is 5.78 Å². The van der Waals surface area contributed by atoms with E-state index in [1.54, 1.807) is 17.7 Å². The molecule has 0 aliphatic heterocycles. The van der Waals surface area contributed by atoms with E-state index in [4.69, 9.17) is 0 Å². The highest BCUT2D eigenvalue weighted by atomic mass is 32.1. The largest absolute Gasteiger partial charge is 0.302 e. The van der Waals surface area contributed by atoms with E-state index in [2.05, 4.69) is 32.9 Å². The van der Waals surface area contributed by atoms with Crippen LogP contribution in [-0.2, 0) is 17.3 Å². The van der Waals surface area contributed by atoms with Gasteiger partial charge in [-0.1, -0.05) is 65.8 Å². The van der Waals surface area contributed by atoms with Gasteiger partial charge in [0.1, 0.15) is 4.66 Å². The second-order valence-corrected chi connectivity index (χ2v) is 9.51. The Labute approximate surface area is 153 Å². The van der Waals surface area contributed by atoms with E-state index < -0.39 is 5.41 Å². The van der Waals surface area contributed by atoms with Crippen LogP contribution in [0, 0.1) is 5.41 Å². The van der Waals surface area contributed by atoms with E-state index in [1.807, 2.05) is 39.0 Å². The number of ketones is 1. The second kappa shape index (κ2) is 6.75. The Morgan fingerprint density at radius 3 is 2.08 bits per heavy atom. The van der Waals surface area contributed by atoms with Crippen molar-refractivity contribution < 1.29 is 4.79 Å². The minimum absolute atomic E-state index is 0.0189. The fourth-order valence-corrected chi connectivity index (χ4v) is 3.30. The summed E-state index contributed by atoms with van der Waals surface area (Å²) in [4.78, 5) is 24.7. The summed E-state index contributed by atoms with van der Waals surface area (Å²) < 4.78 is 2.87. The number of hydrogen-bond donors (Lipinski definition) is 0. The van der Waals surface area contributed by atoms with Gasteiger partial charge in [-0.25, -0.2) is 0 Å². The lowest BCUT2D eigenvalue weighted by Crippen LogP contribution is -2.30. The molecule has 0 aliphatic carbocycles. The van der Waals surface area contributed by atoms with Crippen LogP contribution in [0.2, 0.25) is 0 Å². The zero-order chi connectivity index (χ0) is 19.0. The number of carbonyl (C=O) groups is 1. The monoisotopic (exact) mass is 357 g/mol. The molecule has 4 heteroatoms. The molecule has 1 heterocycles. The molecule has 0 atom stereocenters. The number of nitrogens with zero attached hydrogens (tertiary/aromatic N) is 1. The molecular formula is C21H27NO2S. The predicted octanol–water partition coefficient (Wildman–Crippen LogP) is 2.97. The molecule has 0 spiro atoms. The average molecular weight is 358 g/mol. The minimum Gasteiger partial charge on any atom is -0.302 e. The molecule has 0 saturated heterocycles. The van der Waals surface area contributed by atoms with E-state index >= 15 is 0 Å². The van der Waals surface area contributed by atoms with Crippen molar-refractivity contribution >= 4 is 29.3 Å². The molecule has 3 nitrogen and oxygen atoms in total. The zero-order valence-corrected chi connectivity index (χ0v) is 17.0. The van der Waals surface area contributed by atoms with E-state index in [0.29, 0.717) is 9.20 Å². The van der Waals surface area contributed by atoms with Crippen molar-refractivity contribution in [3.8, 4) is 0 Å². The summed E-state index contributed by atoms with van der Waals surface area (Å²) in [6, 6.07) is 8.26. The molecule has 25 heavy (non-hydrogen) atoms. The van der Waals surface area contributed by atoms with Gasteiger partial charge in [-0.2, -0.15) is 0 Å². The Kier molecular flexibility index (Phi) is 5.24. The lowest BCUT2D eigenvalue weighted by molar-refractivity contribution is -0.120. The van der Waals surface area contributed by atoms with Crippen molar-refractivity contribution in [3.63, 3.8) is 0 Å². The molecule has 2 aromatic rings. The molecule has 0 unspecified atom stereocenters. The van der Waals surface area contributed by atoms with Crippen LogP contribution >= 0.6 is 11.3 Å². The fraction of sp³-hybridized carbons (Fsp3) is 0.429. The molecule has 1 aromatic heterocycles. The van der Waals surface area contributed by atoms with Gasteiger partial charge >= 0.3 is 0 Å². The van der Waals surface area contributed by atoms with Gasteiger partial charge in [0.2, 0.25) is 0 Å². The zero-order valence-electron chi connectivity index (χ0n) is 16.1. The lowest BCUT2D eigenvalue weighted by Gasteiger charge is -2.18. The minimum atomic E-state index is -0.452. The number of carbonyl (C=O) groups excluding carboxylic acids is 1. The second-order valence-electron chi connectivity index (χ2n) is 8.44. The number of hydrogen-bond acceptors (Lipinski definition) is 3. The Bertz CT molecular complexity index is 946. The molecule has 0 radical (unpaired) electrons. The van der Waals surface area contributed by atoms with E-state index in [9.17, 15) is 9.59 Å². The standard InChI is InChI=1S/C21H27NO2S/c1-20(2,3)15-10-8-14(9-11-15)12-16-19(24)22(7)18(25-16)13-17(23)21(4,5)6/h8-13H,1-7H3/b16-12-,18-13-. The van der Waals surface area contributed by atoms with Crippen molar-refractivity contribution in [3.05, 3.63) is 54.9 Å². The first-order valence-corrected chi connectivity index (χ1v) is 9.25. The average Bonchev–Trinajstić information content (AvgIpc) is 2.74. The number of benzene rings is 1. The van der Waals surface area contributed by atoms with E-state index in [-0.39, 0.29) is 16.8 Å². The van der Waals surface area contributed by atoms with Crippen LogP contribution in [0.5, 0.6) is 0 Å². The van der Waals surface area contributed by atoms with E-state index in [0.717, 1.165) is 5.56 Å². The maximum atomic E-state index is 12.5. The van der Waals surface area contributed by atoms with Crippen molar-refractivity contribution in [2.45, 2.75) is 47.0 Å². The number of aromatic nitrogens is 1. The molecule has 1 aromatic carbocycles. The smallest absolute Gasteiger partial charge is 0.268 e. The lowest BCUT2D eigenvalue weighted by atomic mass is 9.87. The van der Waals surface area contributed by atoms with Gasteiger partial charge in [-0.15, -0.1) is 11.3 Å². The summed E-state index contributed by atoms with van der Waals surface area (Å²) >= 11 is 1.35. The van der Waals surface area contributed by atoms with Crippen molar-refractivity contribution in [2.24, 2.45) is 12.5 Å². The Balaban J connectivity index is 2.50. The van der Waals surface area contributed by atoms with Crippen LogP contribution in [0.4, 0.5) is 0 Å². The summed E-state index contributed by atoms with van der Waals surface area (Å²) in [7, 11) is 1.71. The molecule has 0 aliphatic rings. The number of rotatable bonds is 2. The Morgan fingerprint density at radius 1 is 1.04 bits per heavy atom. The third kappa shape index (κ3) is 4.57. The molecule has 134 valence electrons. The van der Waals surface area contributed by atoms with E-state index in [1.165, 1.54) is 16.9 Å². The maximum absolute atomic E-state index is 12.5. The molecule has 0 bridgehead atoms. The normalized spacial score (nSPS) is 14.2. The van der Waals surface area contributed by atoms with Crippen molar-refractivity contribution in [1.29, 1.82) is 0 Å². The van der Waals surface area contributed by atoms with Crippen LogP contribution in [0.25, 0.3) is 12.2 Å². The first kappa shape index (κ1) is 19.4. The first-order chi connectivity index (χ1) is 11.4. The van der Waals surface area contributed by atoms with Crippen molar-refractivity contribution in [2.75, 3.05) is 0 Å². The number of Topliss-reactive ketones (excluding diaryl/α,β-unsaturated/α-hetero) is 1. The van der Waals surface area contributed by atoms with Gasteiger partial charge in [0, 0.05) is 18.5 Å². The van der Waals surface area contributed by atoms with Gasteiger partial charge in [-0.05, 0) is 22.6 Å². The topological polar surface area (TPSA) is 39.1 Å². The summed E-state index contributed by atoms with van der Waals surface area (Å²) in [5.74, 6) is 0.0189. The van der Waals surface area contributed by atoms with Crippen LogP contribution in [0.15, 0.2) is 29.1 Å². The highest BCUT2D eigenvalue weighted by molar-refractivity contribution is 7.07. The van der Waals surface area contributed by atoms with Crippen LogP contribution in [-0.4, -0.2) is 10.4 Å². The third-order valence-corrected chi connectivity index (χ3v) is 5.24. The van der Waals surface area contributed by atoms with Crippen LogP contribution in [0.1, 0.15) is 52.7 Å². The molecule has 0 amide bonds. The van der Waals surface area contributed by atoms with Gasteiger partial charge < -0.3 is 4.57 Å². The molecule has 2 rings (SSSR count). The van der Waals surface area contributed by atoms with Gasteiger partial charge in [-0.3, -0.25) is 9.59 Å². The molecule has 0 fully saturated rings. The summed E-state index contributed by atoms with van der Waals surface area (Å²) in [6.07, 6.45) is 3.46. The maximum Gasteiger partial charge on any atom is 0.268 e. The van der Waals surface area contributed by atoms with Gasteiger partial charge in [0.05, 0.1) is 4.53 Å². The number of thiazole rings is 1. The van der Waals surface area contributed by atoms with Crippen molar-refractivity contribution in [1.82, 2.24) is 4.57 Å². The highest BCUT2D eigenvalue weighted by Gasteiger charge is 2.19. The summed E-state index contributed by atoms with van der Waals surface area (Å²) in [5, 5.41) is 0. The summed E-state index contributed by atoms with van der Waals surface area (Å²) in [5.41, 5.74) is 1.83. The van der Waals surface area contributed by atoms with Crippen LogP contribution < -0.4 is 14.8 Å². The van der Waals surface area contributed by atoms with Gasteiger partial charge in [0.25, 0.3) is 5.56 Å². The first-order valence-electron chi connectivity index (χ1n) is 8.44.